The fraction of sp³-hybridized carbons (Fsp3) is 0.421. The summed E-state index contributed by atoms with van der Waals surface area (Å²) in [4.78, 5) is 20.9. The third-order valence-electron chi connectivity index (χ3n) is 3.79. The molecule has 1 aromatic carbocycles. The molecule has 2 aromatic rings. The van der Waals surface area contributed by atoms with E-state index in [9.17, 15) is 4.79 Å². The van der Waals surface area contributed by atoms with Crippen LogP contribution < -0.4 is 10.6 Å². The molecule has 1 amide bonds. The fourth-order valence-electron chi connectivity index (χ4n) is 2.36. The molecule has 0 aliphatic rings. The van der Waals surface area contributed by atoms with Gasteiger partial charge in [0.25, 0.3) is 5.91 Å². The maximum absolute atomic E-state index is 12.2. The molecule has 0 fully saturated rings. The number of halogens is 2. The number of nitrogens with one attached hydrogen (secondary N) is 2. The van der Waals surface area contributed by atoms with Crippen LogP contribution in [0.3, 0.4) is 0 Å². The maximum atomic E-state index is 12.2. The van der Waals surface area contributed by atoms with Gasteiger partial charge in [-0.25, -0.2) is 9.97 Å². The van der Waals surface area contributed by atoms with Gasteiger partial charge in [-0.05, 0) is 49.4 Å². The number of hydrogen-bond acceptors (Lipinski definition) is 4. The van der Waals surface area contributed by atoms with Gasteiger partial charge in [-0.1, -0.05) is 43.1 Å². The van der Waals surface area contributed by atoms with Gasteiger partial charge in [0.05, 0.1) is 0 Å². The van der Waals surface area contributed by atoms with Gasteiger partial charge in [0.1, 0.15) is 5.69 Å². The molecule has 2 rings (SSSR count). The number of aryl methyl sites for hydroxylation is 1. The highest BCUT2D eigenvalue weighted by Gasteiger charge is 2.10. The average molecular weight is 395 g/mol. The lowest BCUT2D eigenvalue weighted by molar-refractivity contribution is 0.0947. The van der Waals surface area contributed by atoms with Gasteiger partial charge in [-0.15, -0.1) is 0 Å². The average Bonchev–Trinajstić information content (AvgIpc) is 2.56. The number of amides is 1. The number of hydrogen-bond donors (Lipinski definition) is 2. The number of carbonyl (C=O) groups is 1. The second-order valence-electron chi connectivity index (χ2n) is 6.57. The van der Waals surface area contributed by atoms with E-state index < -0.39 is 0 Å². The van der Waals surface area contributed by atoms with Gasteiger partial charge in [-0.3, -0.25) is 4.79 Å². The molecular weight excluding hydrogens is 371 g/mol. The van der Waals surface area contributed by atoms with Crippen molar-refractivity contribution in [2.45, 2.75) is 33.6 Å². The molecule has 0 bridgehead atoms. The molecule has 1 aromatic heterocycles. The molecule has 0 unspecified atom stereocenters. The van der Waals surface area contributed by atoms with Crippen molar-refractivity contribution in [3.63, 3.8) is 0 Å². The summed E-state index contributed by atoms with van der Waals surface area (Å²) in [6, 6.07) is 7.12. The summed E-state index contributed by atoms with van der Waals surface area (Å²) >= 11 is 12.1. The Morgan fingerprint density at radius 3 is 2.62 bits per heavy atom. The first-order valence-corrected chi connectivity index (χ1v) is 9.42. The Hall–Kier alpha value is -1.85. The van der Waals surface area contributed by atoms with E-state index in [4.69, 9.17) is 23.2 Å². The summed E-state index contributed by atoms with van der Waals surface area (Å²) in [6.45, 7) is 7.32. The van der Waals surface area contributed by atoms with Crippen molar-refractivity contribution in [3.8, 4) is 0 Å². The summed E-state index contributed by atoms with van der Waals surface area (Å²) < 4.78 is 0. The van der Waals surface area contributed by atoms with Crippen LogP contribution in [-0.4, -0.2) is 29.0 Å². The highest BCUT2D eigenvalue weighted by molar-refractivity contribution is 6.35. The van der Waals surface area contributed by atoms with Crippen molar-refractivity contribution in [2.24, 2.45) is 5.92 Å². The molecule has 0 radical (unpaired) electrons. The number of benzene rings is 1. The lowest BCUT2D eigenvalue weighted by atomic mass is 10.1. The Morgan fingerprint density at radius 1 is 1.15 bits per heavy atom. The van der Waals surface area contributed by atoms with Gasteiger partial charge in [-0.2, -0.15) is 0 Å². The highest BCUT2D eigenvalue weighted by atomic mass is 35.5. The van der Waals surface area contributed by atoms with Crippen LogP contribution in [0.2, 0.25) is 10.0 Å². The van der Waals surface area contributed by atoms with Crippen LogP contribution in [0.15, 0.2) is 24.3 Å². The van der Waals surface area contributed by atoms with E-state index in [2.05, 4.69) is 34.4 Å². The van der Waals surface area contributed by atoms with Gasteiger partial charge in [0, 0.05) is 28.8 Å². The first kappa shape index (κ1) is 20.5. The summed E-state index contributed by atoms with van der Waals surface area (Å²) in [6.07, 6.45) is 1.63. The zero-order valence-electron chi connectivity index (χ0n) is 15.3. The van der Waals surface area contributed by atoms with Crippen LogP contribution in [0.4, 0.5) is 5.95 Å². The number of carbonyl (C=O) groups excluding carboxylic acids is 1. The fourth-order valence-corrected chi connectivity index (χ4v) is 2.87. The lowest BCUT2D eigenvalue weighted by Crippen LogP contribution is -2.26. The van der Waals surface area contributed by atoms with E-state index in [-0.39, 0.29) is 5.91 Å². The van der Waals surface area contributed by atoms with Crippen LogP contribution in [0.1, 0.15) is 42.0 Å². The lowest BCUT2D eigenvalue weighted by Gasteiger charge is -2.10. The van der Waals surface area contributed by atoms with Crippen LogP contribution in [-0.2, 0) is 6.42 Å². The Labute approximate surface area is 164 Å². The molecule has 0 spiro atoms. The third-order valence-corrected chi connectivity index (χ3v) is 4.37. The van der Waals surface area contributed by atoms with E-state index in [0.717, 1.165) is 17.7 Å². The largest absolute Gasteiger partial charge is 0.354 e. The Kier molecular flexibility index (Phi) is 7.66. The predicted octanol–water partition coefficient (Wildman–Crippen LogP) is 4.52. The van der Waals surface area contributed by atoms with Crippen LogP contribution in [0, 0.1) is 12.8 Å². The van der Waals surface area contributed by atoms with Crippen molar-refractivity contribution < 1.29 is 4.79 Å². The first-order chi connectivity index (χ1) is 12.3. The van der Waals surface area contributed by atoms with E-state index in [1.54, 1.807) is 12.1 Å². The minimum atomic E-state index is -0.181. The molecule has 140 valence electrons. The smallest absolute Gasteiger partial charge is 0.270 e. The Bertz CT molecular complexity index is 765. The van der Waals surface area contributed by atoms with Crippen molar-refractivity contribution in [2.75, 3.05) is 18.4 Å². The molecule has 5 nitrogen and oxygen atoms in total. The molecule has 2 N–H and O–H groups in total. The number of rotatable bonds is 8. The SMILES string of the molecule is Cc1cc(C(=O)NCCC(C)C)nc(NCCc2ccc(Cl)cc2Cl)n1. The van der Waals surface area contributed by atoms with Crippen LogP contribution in [0.25, 0.3) is 0 Å². The molecule has 0 atom stereocenters. The second kappa shape index (κ2) is 9.74. The second-order valence-corrected chi connectivity index (χ2v) is 7.41. The monoisotopic (exact) mass is 394 g/mol. The zero-order valence-corrected chi connectivity index (χ0v) is 16.8. The van der Waals surface area contributed by atoms with Crippen molar-refractivity contribution in [3.05, 3.63) is 51.3 Å². The summed E-state index contributed by atoms with van der Waals surface area (Å²) in [5, 5.41) is 7.29. The topological polar surface area (TPSA) is 66.9 Å². The van der Waals surface area contributed by atoms with Gasteiger partial charge in [0.15, 0.2) is 0 Å². The van der Waals surface area contributed by atoms with Crippen LogP contribution in [0.5, 0.6) is 0 Å². The molecule has 1 heterocycles. The standard InChI is InChI=1S/C19H24Cl2N4O/c1-12(2)6-8-22-18(26)17-10-13(3)24-19(25-17)23-9-7-14-4-5-15(20)11-16(14)21/h4-5,10-12H,6-9H2,1-3H3,(H,22,26)(H,23,24,25). The summed E-state index contributed by atoms with van der Waals surface area (Å²) in [5.74, 6) is 0.795. The molecule has 0 saturated carbocycles. The molecular formula is C19H24Cl2N4O. The number of aromatic nitrogens is 2. The normalized spacial score (nSPS) is 10.8. The zero-order chi connectivity index (χ0) is 19.1. The molecule has 0 aliphatic heterocycles. The van der Waals surface area contributed by atoms with E-state index in [1.807, 2.05) is 19.1 Å². The van der Waals surface area contributed by atoms with Gasteiger partial charge < -0.3 is 10.6 Å². The quantitative estimate of drug-likeness (QED) is 0.690. The Balaban J connectivity index is 1.95. The number of anilines is 1. The highest BCUT2D eigenvalue weighted by Crippen LogP contribution is 2.21. The number of nitrogens with zero attached hydrogens (tertiary/aromatic N) is 2. The first-order valence-electron chi connectivity index (χ1n) is 8.67. The third kappa shape index (κ3) is 6.46. The maximum Gasteiger partial charge on any atom is 0.270 e. The van der Waals surface area contributed by atoms with E-state index >= 15 is 0 Å². The Morgan fingerprint density at radius 2 is 1.92 bits per heavy atom. The van der Waals surface area contributed by atoms with Crippen molar-refractivity contribution in [1.82, 2.24) is 15.3 Å². The predicted molar refractivity (Wildman–Crippen MR) is 107 cm³/mol. The minimum absolute atomic E-state index is 0.181. The van der Waals surface area contributed by atoms with Gasteiger partial charge in [0.2, 0.25) is 5.95 Å². The molecule has 7 heteroatoms. The van der Waals surface area contributed by atoms with Crippen molar-refractivity contribution >= 4 is 35.1 Å². The van der Waals surface area contributed by atoms with E-state index in [0.29, 0.717) is 47.1 Å². The van der Waals surface area contributed by atoms with E-state index in [1.165, 1.54) is 0 Å². The van der Waals surface area contributed by atoms with Gasteiger partial charge >= 0.3 is 0 Å². The molecule has 0 saturated heterocycles. The van der Waals surface area contributed by atoms with Crippen molar-refractivity contribution in [1.29, 1.82) is 0 Å². The minimum Gasteiger partial charge on any atom is -0.354 e. The summed E-state index contributed by atoms with van der Waals surface area (Å²) in [5.41, 5.74) is 2.09. The van der Waals surface area contributed by atoms with Crippen LogP contribution >= 0.6 is 23.2 Å². The molecule has 26 heavy (non-hydrogen) atoms. The summed E-state index contributed by atoms with van der Waals surface area (Å²) in [7, 11) is 0. The molecule has 0 aliphatic carbocycles.